The normalized spacial score (nSPS) is 10.7. The van der Waals surface area contributed by atoms with E-state index in [1.165, 1.54) is 12.1 Å². The number of phenolic OH excluding ortho intramolecular Hbond substituents is 1. The average Bonchev–Trinajstić information content (AvgIpc) is 2.69. The zero-order valence-electron chi connectivity index (χ0n) is 15.5. The summed E-state index contributed by atoms with van der Waals surface area (Å²) in [6.07, 6.45) is -0.0292. The summed E-state index contributed by atoms with van der Waals surface area (Å²) in [6, 6.07) is 10.7. The second kappa shape index (κ2) is 8.79. The lowest BCUT2D eigenvalue weighted by Crippen LogP contribution is -2.26. The molecule has 2 N–H and O–H groups in total. The molecule has 2 aromatic carbocycles. The van der Waals surface area contributed by atoms with Crippen LogP contribution in [0.4, 0.5) is 0 Å². The molecule has 0 aliphatic heterocycles. The smallest absolute Gasteiger partial charge is 0.336 e. The van der Waals surface area contributed by atoms with Gasteiger partial charge >= 0.3 is 11.6 Å². The molecule has 0 fully saturated rings. The van der Waals surface area contributed by atoms with Crippen LogP contribution in [-0.2, 0) is 16.1 Å². The van der Waals surface area contributed by atoms with Crippen LogP contribution in [0.15, 0.2) is 51.7 Å². The highest BCUT2D eigenvalue weighted by Crippen LogP contribution is 2.27. The van der Waals surface area contributed by atoms with Crippen molar-refractivity contribution in [3.05, 3.63) is 74.6 Å². The largest absolute Gasteiger partial charge is 0.508 e. The Hall–Kier alpha value is -3.32. The number of hydrogen-bond donors (Lipinski definition) is 2. The van der Waals surface area contributed by atoms with Crippen molar-refractivity contribution in [2.45, 2.75) is 20.0 Å². The molecule has 0 radical (unpaired) electrons. The van der Waals surface area contributed by atoms with Crippen molar-refractivity contribution in [2.24, 2.45) is 0 Å². The maximum Gasteiger partial charge on any atom is 0.336 e. The van der Waals surface area contributed by atoms with Crippen molar-refractivity contribution in [1.29, 1.82) is 0 Å². The molecule has 0 saturated carbocycles. The number of hydrogen-bond acceptors (Lipinski definition) is 6. The highest BCUT2D eigenvalue weighted by atomic mass is 35.5. The zero-order valence-corrected chi connectivity index (χ0v) is 16.3. The van der Waals surface area contributed by atoms with E-state index < -0.39 is 11.6 Å². The molecule has 8 heteroatoms. The van der Waals surface area contributed by atoms with Gasteiger partial charge in [-0.15, -0.1) is 0 Å². The predicted molar refractivity (Wildman–Crippen MR) is 107 cm³/mol. The SMILES string of the molecule is Cc1c(O)ccc2c(COC(=O)CCNC(=O)c3ccc(Cl)cc3)cc(=O)oc12. The standard InChI is InChI=1S/C21H18ClNO6/c1-12-17(24)7-6-16-14(10-19(26)29-20(12)16)11-28-18(25)8-9-23-21(27)13-2-4-15(22)5-3-13/h2-7,10,24H,8-9,11H2,1H3,(H,23,27). The lowest BCUT2D eigenvalue weighted by atomic mass is 10.1. The van der Waals surface area contributed by atoms with E-state index in [0.29, 0.717) is 27.1 Å². The number of nitrogens with one attached hydrogen (secondary N) is 1. The zero-order chi connectivity index (χ0) is 21.0. The van der Waals surface area contributed by atoms with Gasteiger partial charge < -0.3 is 19.6 Å². The van der Waals surface area contributed by atoms with Gasteiger partial charge in [0.25, 0.3) is 5.91 Å². The summed E-state index contributed by atoms with van der Waals surface area (Å²) in [5.74, 6) is -0.846. The molecule has 0 bridgehead atoms. The number of carbonyl (C=O) groups is 2. The Morgan fingerprint density at radius 3 is 2.62 bits per heavy atom. The number of amides is 1. The highest BCUT2D eigenvalue weighted by Gasteiger charge is 2.13. The third-order valence-corrected chi connectivity index (χ3v) is 4.58. The molecule has 150 valence electrons. The number of ether oxygens (including phenoxy) is 1. The minimum atomic E-state index is -0.604. The van der Waals surface area contributed by atoms with Crippen LogP contribution in [0.25, 0.3) is 11.0 Å². The van der Waals surface area contributed by atoms with Crippen LogP contribution in [-0.4, -0.2) is 23.5 Å². The summed E-state index contributed by atoms with van der Waals surface area (Å²) in [5.41, 5.74) is 0.978. The van der Waals surface area contributed by atoms with Gasteiger partial charge in [0.1, 0.15) is 17.9 Å². The Kier molecular flexibility index (Phi) is 6.19. The van der Waals surface area contributed by atoms with E-state index in [1.54, 1.807) is 37.3 Å². The van der Waals surface area contributed by atoms with Crippen LogP contribution < -0.4 is 10.9 Å². The highest BCUT2D eigenvalue weighted by molar-refractivity contribution is 6.30. The third kappa shape index (κ3) is 4.94. The number of fused-ring (bicyclic) bond motifs is 1. The van der Waals surface area contributed by atoms with Gasteiger partial charge in [0.05, 0.1) is 6.42 Å². The summed E-state index contributed by atoms with van der Waals surface area (Å²) < 4.78 is 10.4. The molecule has 1 aromatic heterocycles. The number of rotatable bonds is 6. The van der Waals surface area contributed by atoms with Crippen LogP contribution in [0.2, 0.25) is 5.02 Å². The Labute approximate surface area is 170 Å². The molecule has 0 atom stereocenters. The molecule has 0 unspecified atom stereocenters. The van der Waals surface area contributed by atoms with Crippen molar-refractivity contribution in [3.63, 3.8) is 0 Å². The fraction of sp³-hybridized carbons (Fsp3) is 0.190. The van der Waals surface area contributed by atoms with Crippen molar-refractivity contribution in [1.82, 2.24) is 5.32 Å². The second-order valence-corrected chi connectivity index (χ2v) is 6.79. The number of carbonyl (C=O) groups excluding carboxylic acids is 2. The first kappa shape index (κ1) is 20.4. The number of aromatic hydroxyl groups is 1. The van der Waals surface area contributed by atoms with Crippen molar-refractivity contribution in [2.75, 3.05) is 6.54 Å². The lowest BCUT2D eigenvalue weighted by Gasteiger charge is -2.09. The predicted octanol–water partition coefficient (Wildman–Crippen LogP) is 3.32. The molecule has 3 rings (SSSR count). The van der Waals surface area contributed by atoms with Crippen molar-refractivity contribution >= 4 is 34.4 Å². The van der Waals surface area contributed by atoms with E-state index >= 15 is 0 Å². The van der Waals surface area contributed by atoms with Gasteiger partial charge in [0.2, 0.25) is 0 Å². The summed E-state index contributed by atoms with van der Waals surface area (Å²) >= 11 is 5.78. The second-order valence-electron chi connectivity index (χ2n) is 6.35. The first-order chi connectivity index (χ1) is 13.8. The van der Waals surface area contributed by atoms with Crippen molar-refractivity contribution < 1.29 is 23.8 Å². The van der Waals surface area contributed by atoms with E-state index in [2.05, 4.69) is 5.32 Å². The van der Waals surface area contributed by atoms with Gasteiger partial charge in [-0.25, -0.2) is 4.79 Å². The van der Waals surface area contributed by atoms with Gasteiger partial charge in [0.15, 0.2) is 0 Å². The van der Waals surface area contributed by atoms with Gasteiger partial charge in [0, 0.05) is 39.7 Å². The lowest BCUT2D eigenvalue weighted by molar-refractivity contribution is -0.144. The van der Waals surface area contributed by atoms with E-state index in [-0.39, 0.29) is 36.8 Å². The van der Waals surface area contributed by atoms with Crippen LogP contribution >= 0.6 is 11.6 Å². The van der Waals surface area contributed by atoms with Crippen LogP contribution in [0.3, 0.4) is 0 Å². The van der Waals surface area contributed by atoms with Gasteiger partial charge in [-0.1, -0.05) is 11.6 Å². The fourth-order valence-electron chi connectivity index (χ4n) is 2.75. The molecule has 29 heavy (non-hydrogen) atoms. The minimum absolute atomic E-state index is 0.00576. The Morgan fingerprint density at radius 2 is 1.90 bits per heavy atom. The van der Waals surface area contributed by atoms with Crippen molar-refractivity contribution in [3.8, 4) is 5.75 Å². The first-order valence-electron chi connectivity index (χ1n) is 8.80. The van der Waals surface area contributed by atoms with E-state index in [4.69, 9.17) is 20.8 Å². The van der Waals surface area contributed by atoms with E-state index in [0.717, 1.165) is 0 Å². The monoisotopic (exact) mass is 415 g/mol. The van der Waals surface area contributed by atoms with Crippen LogP contribution in [0, 0.1) is 6.92 Å². The van der Waals surface area contributed by atoms with Crippen LogP contribution in [0.5, 0.6) is 5.75 Å². The molecular weight excluding hydrogens is 398 g/mol. The Balaban J connectivity index is 1.57. The summed E-state index contributed by atoms with van der Waals surface area (Å²) in [4.78, 5) is 35.7. The first-order valence-corrected chi connectivity index (χ1v) is 9.17. The number of aryl methyl sites for hydroxylation is 1. The number of benzene rings is 2. The third-order valence-electron chi connectivity index (χ3n) is 4.33. The molecule has 0 saturated heterocycles. The van der Waals surface area contributed by atoms with Gasteiger partial charge in [-0.05, 0) is 43.3 Å². The Morgan fingerprint density at radius 1 is 1.17 bits per heavy atom. The number of phenols is 1. The molecule has 0 aliphatic rings. The average molecular weight is 416 g/mol. The summed E-state index contributed by atoms with van der Waals surface area (Å²) in [7, 11) is 0. The summed E-state index contributed by atoms with van der Waals surface area (Å²) in [5, 5.41) is 13.5. The molecule has 3 aromatic rings. The molecule has 0 spiro atoms. The molecule has 0 aliphatic carbocycles. The maximum absolute atomic E-state index is 12.0. The van der Waals surface area contributed by atoms with Gasteiger partial charge in [-0.2, -0.15) is 0 Å². The Bertz CT molecular complexity index is 1120. The number of esters is 1. The van der Waals surface area contributed by atoms with Crippen LogP contribution in [0.1, 0.15) is 27.9 Å². The molecule has 1 heterocycles. The molecular formula is C21H18ClNO6. The van der Waals surface area contributed by atoms with E-state index in [9.17, 15) is 19.5 Å². The van der Waals surface area contributed by atoms with Gasteiger partial charge in [-0.3, -0.25) is 9.59 Å². The maximum atomic E-state index is 12.0. The minimum Gasteiger partial charge on any atom is -0.508 e. The topological polar surface area (TPSA) is 106 Å². The molecule has 7 nitrogen and oxygen atoms in total. The quantitative estimate of drug-likeness (QED) is 0.472. The fourth-order valence-corrected chi connectivity index (χ4v) is 2.87. The van der Waals surface area contributed by atoms with E-state index in [1.807, 2.05) is 0 Å². The molecule has 1 amide bonds. The number of halogens is 1. The summed E-state index contributed by atoms with van der Waals surface area (Å²) in [6.45, 7) is 1.60.